The van der Waals surface area contributed by atoms with Crippen LogP contribution in [0.2, 0.25) is 0 Å². The predicted octanol–water partition coefficient (Wildman–Crippen LogP) is 3.80. The Balaban J connectivity index is 1.39. The molecule has 168 valence electrons. The number of nitrogens with one attached hydrogen (secondary N) is 2. The van der Waals surface area contributed by atoms with Gasteiger partial charge in [-0.2, -0.15) is 10.2 Å². The van der Waals surface area contributed by atoms with Crippen LogP contribution in [0.15, 0.2) is 48.8 Å². The van der Waals surface area contributed by atoms with Gasteiger partial charge in [0.25, 0.3) is 0 Å². The Labute approximate surface area is 192 Å². The van der Waals surface area contributed by atoms with Gasteiger partial charge in [0, 0.05) is 44.2 Å². The van der Waals surface area contributed by atoms with Crippen molar-refractivity contribution in [3.05, 3.63) is 59.9 Å². The molecule has 0 saturated carbocycles. The number of anilines is 4. The maximum Gasteiger partial charge on any atom is 0.232 e. The van der Waals surface area contributed by atoms with Gasteiger partial charge < -0.3 is 20.3 Å². The van der Waals surface area contributed by atoms with E-state index in [0.29, 0.717) is 17.5 Å². The lowest BCUT2D eigenvalue weighted by Crippen LogP contribution is -2.39. The number of aromatic nitrogens is 3. The summed E-state index contributed by atoms with van der Waals surface area (Å²) in [6, 6.07) is 15.0. The predicted molar refractivity (Wildman–Crippen MR) is 126 cm³/mol. The molecule has 1 fully saturated rings. The van der Waals surface area contributed by atoms with Crippen molar-refractivity contribution in [1.29, 1.82) is 5.26 Å². The molecule has 2 N–H and O–H groups in total. The van der Waals surface area contributed by atoms with E-state index in [1.165, 1.54) is 13.3 Å². The minimum atomic E-state index is -0.122. The number of nitriles is 1. The van der Waals surface area contributed by atoms with Crippen LogP contribution in [-0.2, 0) is 4.79 Å². The van der Waals surface area contributed by atoms with Gasteiger partial charge >= 0.3 is 0 Å². The lowest BCUT2D eigenvalue weighted by molar-refractivity contribution is -0.114. The molecule has 1 aromatic heterocycles. The molecule has 0 spiro atoms. The van der Waals surface area contributed by atoms with E-state index in [1.54, 1.807) is 12.1 Å². The normalized spacial score (nSPS) is 13.8. The molecule has 0 aliphatic carbocycles. The van der Waals surface area contributed by atoms with E-state index in [9.17, 15) is 4.79 Å². The molecule has 0 radical (unpaired) electrons. The number of ether oxygens (including phenoxy) is 1. The summed E-state index contributed by atoms with van der Waals surface area (Å²) in [5, 5.41) is 15.1. The number of hydrogen-bond acceptors (Lipinski definition) is 8. The van der Waals surface area contributed by atoms with Crippen molar-refractivity contribution in [2.45, 2.75) is 32.8 Å². The van der Waals surface area contributed by atoms with E-state index >= 15 is 0 Å². The van der Waals surface area contributed by atoms with Gasteiger partial charge in [0.2, 0.25) is 17.8 Å². The highest BCUT2D eigenvalue weighted by atomic mass is 16.5. The molecule has 1 amide bonds. The first-order valence-electron chi connectivity index (χ1n) is 10.8. The van der Waals surface area contributed by atoms with E-state index in [4.69, 9.17) is 10.00 Å². The fraction of sp³-hybridized carbons (Fsp3) is 0.292. The summed E-state index contributed by atoms with van der Waals surface area (Å²) >= 11 is 0. The first-order valence-corrected chi connectivity index (χ1v) is 10.8. The van der Waals surface area contributed by atoms with Crippen LogP contribution in [0, 0.1) is 18.3 Å². The lowest BCUT2D eigenvalue weighted by Gasteiger charge is -2.32. The minimum Gasteiger partial charge on any atom is -0.490 e. The maximum atomic E-state index is 11.4. The molecule has 0 bridgehead atoms. The monoisotopic (exact) mass is 443 g/mol. The summed E-state index contributed by atoms with van der Waals surface area (Å²) in [5.74, 6) is 1.64. The molecular formula is C24H25N7O2. The van der Waals surface area contributed by atoms with E-state index < -0.39 is 0 Å². The van der Waals surface area contributed by atoms with Crippen LogP contribution in [-0.4, -0.2) is 40.1 Å². The van der Waals surface area contributed by atoms with Gasteiger partial charge in [-0.1, -0.05) is 12.1 Å². The largest absolute Gasteiger partial charge is 0.490 e. The van der Waals surface area contributed by atoms with Crippen molar-refractivity contribution in [3.8, 4) is 11.8 Å². The standard InChI is InChI=1S/C24H25N7O2/c1-16-21(28-17(2)32)7-4-8-22(16)29-23-26-15-27-24(30-23)31-11-9-19(10-12-31)33-20-6-3-5-18(13-20)14-25/h3-8,13,15,19H,9-12H2,1-2H3,(H,28,32)(H,26,27,29,30). The topological polar surface area (TPSA) is 116 Å². The Morgan fingerprint density at radius 2 is 1.91 bits per heavy atom. The Bertz CT molecular complexity index is 1180. The highest BCUT2D eigenvalue weighted by Gasteiger charge is 2.23. The summed E-state index contributed by atoms with van der Waals surface area (Å²) in [6.45, 7) is 4.91. The summed E-state index contributed by atoms with van der Waals surface area (Å²) in [5.41, 5.74) is 3.04. The summed E-state index contributed by atoms with van der Waals surface area (Å²) < 4.78 is 6.06. The van der Waals surface area contributed by atoms with Crippen molar-refractivity contribution in [2.24, 2.45) is 0 Å². The smallest absolute Gasteiger partial charge is 0.232 e. The molecule has 0 unspecified atom stereocenters. The van der Waals surface area contributed by atoms with Gasteiger partial charge in [-0.3, -0.25) is 4.79 Å². The third-order valence-corrected chi connectivity index (χ3v) is 5.44. The summed E-state index contributed by atoms with van der Waals surface area (Å²) in [4.78, 5) is 26.7. The average molecular weight is 444 g/mol. The first kappa shape index (κ1) is 22.0. The number of carbonyl (C=O) groups excluding carboxylic acids is 1. The maximum absolute atomic E-state index is 11.4. The average Bonchev–Trinajstić information content (AvgIpc) is 2.82. The van der Waals surface area contributed by atoms with Gasteiger partial charge in [0.1, 0.15) is 18.2 Å². The Hall–Kier alpha value is -4.19. The van der Waals surface area contributed by atoms with Crippen molar-refractivity contribution in [2.75, 3.05) is 28.6 Å². The van der Waals surface area contributed by atoms with Gasteiger partial charge in [0.05, 0.1) is 11.6 Å². The zero-order chi connectivity index (χ0) is 23.2. The second-order valence-electron chi connectivity index (χ2n) is 7.84. The molecule has 4 rings (SSSR count). The summed E-state index contributed by atoms with van der Waals surface area (Å²) in [7, 11) is 0. The fourth-order valence-electron chi connectivity index (χ4n) is 3.72. The van der Waals surface area contributed by atoms with Crippen LogP contribution < -0.4 is 20.3 Å². The minimum absolute atomic E-state index is 0.0776. The molecule has 9 nitrogen and oxygen atoms in total. The molecule has 1 aliphatic heterocycles. The fourth-order valence-corrected chi connectivity index (χ4v) is 3.72. The molecule has 0 atom stereocenters. The van der Waals surface area contributed by atoms with Crippen LogP contribution in [0.25, 0.3) is 0 Å². The number of nitrogens with zero attached hydrogens (tertiary/aromatic N) is 5. The van der Waals surface area contributed by atoms with E-state index in [1.807, 2.05) is 37.3 Å². The third-order valence-electron chi connectivity index (χ3n) is 5.44. The molecule has 2 heterocycles. The molecule has 3 aromatic rings. The number of piperidine rings is 1. The number of benzene rings is 2. The number of hydrogen-bond donors (Lipinski definition) is 2. The zero-order valence-electron chi connectivity index (χ0n) is 18.6. The molecule has 33 heavy (non-hydrogen) atoms. The molecule has 9 heteroatoms. The highest BCUT2D eigenvalue weighted by molar-refractivity contribution is 5.90. The van der Waals surface area contributed by atoms with Gasteiger partial charge in [0.15, 0.2) is 0 Å². The lowest BCUT2D eigenvalue weighted by atomic mass is 10.1. The second kappa shape index (κ2) is 9.96. The zero-order valence-corrected chi connectivity index (χ0v) is 18.6. The SMILES string of the molecule is CC(=O)Nc1cccc(Nc2ncnc(N3CCC(Oc4cccc(C#N)c4)CC3)n2)c1C. The number of rotatable bonds is 6. The van der Waals surface area contributed by atoms with Crippen LogP contribution in [0.5, 0.6) is 5.75 Å². The van der Waals surface area contributed by atoms with Gasteiger partial charge in [-0.25, -0.2) is 9.97 Å². The van der Waals surface area contributed by atoms with Crippen molar-refractivity contribution in [1.82, 2.24) is 15.0 Å². The number of amides is 1. The Morgan fingerprint density at radius 3 is 2.67 bits per heavy atom. The van der Waals surface area contributed by atoms with Crippen LogP contribution in [0.4, 0.5) is 23.3 Å². The molecule has 1 aliphatic rings. The van der Waals surface area contributed by atoms with Crippen molar-refractivity contribution < 1.29 is 9.53 Å². The third kappa shape index (κ3) is 5.54. The van der Waals surface area contributed by atoms with Gasteiger partial charge in [-0.05, 0) is 42.8 Å². The van der Waals surface area contributed by atoms with Crippen LogP contribution >= 0.6 is 0 Å². The summed E-state index contributed by atoms with van der Waals surface area (Å²) in [6.07, 6.45) is 3.22. The van der Waals surface area contributed by atoms with Crippen molar-refractivity contribution >= 4 is 29.2 Å². The quantitative estimate of drug-likeness (QED) is 0.591. The Morgan fingerprint density at radius 1 is 1.15 bits per heavy atom. The first-order chi connectivity index (χ1) is 16.0. The van der Waals surface area contributed by atoms with E-state index in [0.717, 1.165) is 48.6 Å². The van der Waals surface area contributed by atoms with Crippen molar-refractivity contribution in [3.63, 3.8) is 0 Å². The van der Waals surface area contributed by atoms with Gasteiger partial charge in [-0.15, -0.1) is 0 Å². The molecule has 1 saturated heterocycles. The van der Waals surface area contributed by atoms with E-state index in [2.05, 4.69) is 36.6 Å². The molecule has 2 aromatic carbocycles. The number of carbonyl (C=O) groups is 1. The van der Waals surface area contributed by atoms with E-state index in [-0.39, 0.29) is 12.0 Å². The highest BCUT2D eigenvalue weighted by Crippen LogP contribution is 2.26. The van der Waals surface area contributed by atoms with Crippen LogP contribution in [0.1, 0.15) is 30.9 Å². The van der Waals surface area contributed by atoms with Crippen LogP contribution in [0.3, 0.4) is 0 Å². The second-order valence-corrected chi connectivity index (χ2v) is 7.84. The molecular weight excluding hydrogens is 418 g/mol. The Kier molecular flexibility index (Phi) is 6.64.